The summed E-state index contributed by atoms with van der Waals surface area (Å²) in [5, 5.41) is 0. The fraction of sp³-hybridized carbons (Fsp3) is 0.143. The first-order valence-electron chi connectivity index (χ1n) is 8.73. The Hall–Kier alpha value is -3.12. The third kappa shape index (κ3) is 2.77. The first-order valence-corrected chi connectivity index (χ1v) is 8.73. The van der Waals surface area contributed by atoms with Crippen molar-refractivity contribution in [2.75, 3.05) is 0 Å². The quantitative estimate of drug-likeness (QED) is 0.297. The summed E-state index contributed by atoms with van der Waals surface area (Å²) in [6.45, 7) is 0. The second-order valence-corrected chi connectivity index (χ2v) is 6.57. The highest BCUT2D eigenvalue weighted by atomic mass is 14.5. The van der Waals surface area contributed by atoms with E-state index in [1.54, 1.807) is 0 Å². The highest BCUT2D eigenvalue weighted by Gasteiger charge is 2.45. The second kappa shape index (κ2) is 8.27. The molecule has 0 nitrogen and oxygen atoms in total. The van der Waals surface area contributed by atoms with Crippen LogP contribution in [0.1, 0.15) is 44.5 Å². The van der Waals surface area contributed by atoms with E-state index in [1.807, 2.05) is 0 Å². The molecule has 1 aliphatic rings. The predicted molar refractivity (Wildman–Crippen MR) is 124 cm³/mol. The Kier molecular flexibility index (Phi) is 6.26. The fourth-order valence-corrected chi connectivity index (χ4v) is 4.40. The van der Waals surface area contributed by atoms with Gasteiger partial charge >= 0.3 is 0 Å². The minimum absolute atomic E-state index is 0. The molecule has 0 heterocycles. The summed E-state index contributed by atoms with van der Waals surface area (Å²) in [6, 6.07) is 39.5. The summed E-state index contributed by atoms with van der Waals surface area (Å²) in [5.41, 5.74) is 7.80. The minimum atomic E-state index is -0.254. The summed E-state index contributed by atoms with van der Waals surface area (Å²) >= 11 is 0. The first-order chi connectivity index (χ1) is 12.4. The number of hydrogen-bond acceptors (Lipinski definition) is 0. The second-order valence-electron chi connectivity index (χ2n) is 6.57. The third-order valence-electron chi connectivity index (χ3n) is 5.37. The molecule has 0 saturated carbocycles. The van der Waals surface area contributed by atoms with Crippen LogP contribution in [-0.2, 0) is 5.41 Å². The van der Waals surface area contributed by atoms with Gasteiger partial charge in [-0.1, -0.05) is 131 Å². The zero-order valence-electron chi connectivity index (χ0n) is 13.9. The van der Waals surface area contributed by atoms with E-state index in [9.17, 15) is 0 Å². The van der Waals surface area contributed by atoms with Crippen LogP contribution in [-0.4, -0.2) is 0 Å². The van der Waals surface area contributed by atoms with Gasteiger partial charge in [0, 0.05) is 0 Å². The highest BCUT2D eigenvalue weighted by Crippen LogP contribution is 2.55. The molecule has 0 heteroatoms. The molecular formula is C28H30. The van der Waals surface area contributed by atoms with Crippen molar-refractivity contribution >= 4 is 0 Å². The lowest BCUT2D eigenvalue weighted by atomic mass is 9.68. The van der Waals surface area contributed by atoms with Crippen LogP contribution >= 0.6 is 0 Å². The van der Waals surface area contributed by atoms with Gasteiger partial charge in [-0.3, -0.25) is 0 Å². The fourth-order valence-electron chi connectivity index (χ4n) is 4.40. The Labute approximate surface area is 170 Å². The lowest BCUT2D eigenvalue weighted by Gasteiger charge is -2.33. The zero-order chi connectivity index (χ0) is 16.7. The van der Waals surface area contributed by atoms with Gasteiger partial charge in [-0.05, 0) is 33.4 Å². The highest BCUT2D eigenvalue weighted by molar-refractivity contribution is 5.86. The lowest BCUT2D eigenvalue weighted by Crippen LogP contribution is -2.28. The van der Waals surface area contributed by atoms with E-state index in [1.165, 1.54) is 33.4 Å². The van der Waals surface area contributed by atoms with Crippen molar-refractivity contribution in [2.45, 2.75) is 27.7 Å². The van der Waals surface area contributed by atoms with Crippen LogP contribution in [0.15, 0.2) is 109 Å². The molecule has 28 heavy (non-hydrogen) atoms. The van der Waals surface area contributed by atoms with Gasteiger partial charge in [0.25, 0.3) is 0 Å². The molecule has 0 unspecified atom stereocenters. The molecule has 0 aliphatic heterocycles. The number of fused-ring (bicyclic) bond motifs is 3. The van der Waals surface area contributed by atoms with Gasteiger partial charge in [0.1, 0.15) is 0 Å². The Morgan fingerprint density at radius 1 is 0.357 bits per heavy atom. The van der Waals surface area contributed by atoms with Crippen LogP contribution in [0, 0.1) is 0 Å². The van der Waals surface area contributed by atoms with Crippen LogP contribution in [0.25, 0.3) is 11.1 Å². The summed E-state index contributed by atoms with van der Waals surface area (Å²) in [6.07, 6.45) is 0. The van der Waals surface area contributed by atoms with Crippen molar-refractivity contribution in [2.24, 2.45) is 0 Å². The van der Waals surface area contributed by atoms with E-state index < -0.39 is 0 Å². The van der Waals surface area contributed by atoms with E-state index in [2.05, 4.69) is 109 Å². The Morgan fingerprint density at radius 3 is 1.07 bits per heavy atom. The van der Waals surface area contributed by atoms with E-state index in [0.717, 1.165) is 0 Å². The molecule has 142 valence electrons. The molecule has 0 amide bonds. The number of rotatable bonds is 2. The average molecular weight is 367 g/mol. The maximum absolute atomic E-state index is 2.29. The summed E-state index contributed by atoms with van der Waals surface area (Å²) < 4.78 is 0. The lowest BCUT2D eigenvalue weighted by molar-refractivity contribution is 0.768. The molecule has 0 fully saturated rings. The van der Waals surface area contributed by atoms with Crippen molar-refractivity contribution < 1.29 is 0 Å². The van der Waals surface area contributed by atoms with Crippen molar-refractivity contribution in [1.29, 1.82) is 0 Å². The van der Waals surface area contributed by atoms with Gasteiger partial charge in [-0.15, -0.1) is 0 Å². The monoisotopic (exact) mass is 366 g/mol. The van der Waals surface area contributed by atoms with Gasteiger partial charge in [-0.25, -0.2) is 0 Å². The van der Waals surface area contributed by atoms with E-state index in [4.69, 9.17) is 0 Å². The summed E-state index contributed by atoms with van der Waals surface area (Å²) in [7, 11) is 0. The maximum atomic E-state index is 2.29. The Balaban J connectivity index is 0.000000934. The van der Waals surface area contributed by atoms with E-state index >= 15 is 0 Å². The third-order valence-corrected chi connectivity index (χ3v) is 5.37. The SMILES string of the molecule is C.C.C.c1ccc(C2(c3ccccc3)c3ccccc3-c3ccccc32)cc1. The van der Waals surface area contributed by atoms with Crippen LogP contribution < -0.4 is 0 Å². The molecule has 0 N–H and O–H groups in total. The zero-order valence-corrected chi connectivity index (χ0v) is 13.9. The van der Waals surface area contributed by atoms with E-state index in [-0.39, 0.29) is 27.7 Å². The molecule has 0 radical (unpaired) electrons. The van der Waals surface area contributed by atoms with E-state index in [0.29, 0.717) is 0 Å². The molecule has 4 aromatic carbocycles. The molecule has 0 aromatic heterocycles. The Bertz CT molecular complexity index is 943. The molecule has 0 saturated heterocycles. The largest absolute Gasteiger partial charge is 0.0776 e. The first kappa shape index (κ1) is 21.2. The Morgan fingerprint density at radius 2 is 0.679 bits per heavy atom. The number of benzene rings is 4. The standard InChI is InChI=1S/C25H18.3CH4/c1-3-11-19(12-4-1)25(20-13-5-2-6-14-20)23-17-9-7-15-21(23)22-16-8-10-18-24(22)25;;;/h1-18H;3*1H4. The van der Waals surface area contributed by atoms with Gasteiger partial charge in [0.15, 0.2) is 0 Å². The predicted octanol–water partition coefficient (Wildman–Crippen LogP) is 7.96. The van der Waals surface area contributed by atoms with Crippen LogP contribution in [0.2, 0.25) is 0 Å². The summed E-state index contributed by atoms with van der Waals surface area (Å²) in [4.78, 5) is 0. The van der Waals surface area contributed by atoms with Crippen LogP contribution in [0.4, 0.5) is 0 Å². The van der Waals surface area contributed by atoms with Gasteiger partial charge in [0.2, 0.25) is 0 Å². The van der Waals surface area contributed by atoms with Crippen molar-refractivity contribution in [1.82, 2.24) is 0 Å². The van der Waals surface area contributed by atoms with Crippen molar-refractivity contribution in [3.63, 3.8) is 0 Å². The number of hydrogen-bond donors (Lipinski definition) is 0. The molecule has 0 spiro atoms. The van der Waals surface area contributed by atoms with Crippen molar-refractivity contribution in [3.05, 3.63) is 131 Å². The smallest absolute Gasteiger partial charge is 0.0713 e. The average Bonchev–Trinajstić information content (AvgIpc) is 3.01. The van der Waals surface area contributed by atoms with Gasteiger partial charge in [0.05, 0.1) is 5.41 Å². The molecule has 4 aromatic rings. The normalized spacial score (nSPS) is 12.4. The molecule has 0 bridgehead atoms. The molecule has 0 atom stereocenters. The minimum Gasteiger partial charge on any atom is -0.0776 e. The maximum Gasteiger partial charge on any atom is 0.0713 e. The van der Waals surface area contributed by atoms with Gasteiger partial charge in [-0.2, -0.15) is 0 Å². The molecular weight excluding hydrogens is 336 g/mol. The van der Waals surface area contributed by atoms with Crippen molar-refractivity contribution in [3.8, 4) is 11.1 Å². The molecule has 5 rings (SSSR count). The topological polar surface area (TPSA) is 0 Å². The summed E-state index contributed by atoms with van der Waals surface area (Å²) in [5.74, 6) is 0. The molecule has 1 aliphatic carbocycles. The van der Waals surface area contributed by atoms with Gasteiger partial charge < -0.3 is 0 Å². The van der Waals surface area contributed by atoms with Crippen LogP contribution in [0.3, 0.4) is 0 Å². The van der Waals surface area contributed by atoms with Crippen LogP contribution in [0.5, 0.6) is 0 Å².